The number of amides is 2. The second-order valence-corrected chi connectivity index (χ2v) is 10.9. The van der Waals surface area contributed by atoms with Crippen LogP contribution >= 0.6 is 11.8 Å². The number of carbonyl (C=O) groups excluding carboxylic acids is 2. The minimum absolute atomic E-state index is 0.0809. The summed E-state index contributed by atoms with van der Waals surface area (Å²) in [5, 5.41) is 2.80. The number of hydrogen-bond donors (Lipinski definition) is 1. The Balaban J connectivity index is 1.48. The molecular weight excluding hydrogens is 434 g/mol. The zero-order chi connectivity index (χ0) is 22.3. The third-order valence-electron chi connectivity index (χ3n) is 5.59. The number of thioether (sulfide) groups is 1. The van der Waals surface area contributed by atoms with Crippen LogP contribution < -0.4 is 5.32 Å². The Morgan fingerprint density at radius 2 is 1.65 bits per heavy atom. The number of nitrogens with zero attached hydrogens (tertiary/aromatic N) is 2. The van der Waals surface area contributed by atoms with Gasteiger partial charge in [-0.1, -0.05) is 17.7 Å². The van der Waals surface area contributed by atoms with Gasteiger partial charge in [-0.15, -0.1) is 11.8 Å². The Morgan fingerprint density at radius 1 is 1.00 bits per heavy atom. The van der Waals surface area contributed by atoms with Crippen LogP contribution in [0.25, 0.3) is 0 Å². The van der Waals surface area contributed by atoms with Gasteiger partial charge in [0.2, 0.25) is 15.9 Å². The maximum Gasteiger partial charge on any atom is 0.254 e. The van der Waals surface area contributed by atoms with Gasteiger partial charge < -0.3 is 10.2 Å². The Kier molecular flexibility index (Phi) is 5.85. The maximum atomic E-state index is 13.3. The van der Waals surface area contributed by atoms with Crippen molar-refractivity contribution in [1.82, 2.24) is 9.21 Å². The normalized spacial score (nSPS) is 17.3. The lowest BCUT2D eigenvalue weighted by Crippen LogP contribution is -2.50. The molecule has 1 fully saturated rings. The van der Waals surface area contributed by atoms with Crippen LogP contribution in [0.3, 0.4) is 0 Å². The molecule has 2 aliphatic rings. The molecule has 1 N–H and O–H groups in total. The van der Waals surface area contributed by atoms with Crippen LogP contribution in [-0.2, 0) is 14.8 Å². The summed E-state index contributed by atoms with van der Waals surface area (Å²) in [5.74, 6) is 0.131. The monoisotopic (exact) mass is 459 g/mol. The Hall–Kier alpha value is -2.36. The quantitative estimate of drug-likeness (QED) is 0.763. The number of anilines is 1. The van der Waals surface area contributed by atoms with Gasteiger partial charge >= 0.3 is 0 Å². The van der Waals surface area contributed by atoms with E-state index in [4.69, 9.17) is 0 Å². The number of rotatable bonds is 3. The third-order valence-corrected chi connectivity index (χ3v) is 8.87. The number of sulfonamides is 1. The van der Waals surface area contributed by atoms with E-state index in [0.717, 1.165) is 21.6 Å². The minimum Gasteiger partial charge on any atom is -0.336 e. The highest BCUT2D eigenvalue weighted by atomic mass is 32.2. The summed E-state index contributed by atoms with van der Waals surface area (Å²) < 4.78 is 28.0. The largest absolute Gasteiger partial charge is 0.336 e. The molecule has 0 bridgehead atoms. The Morgan fingerprint density at radius 3 is 2.29 bits per heavy atom. The molecule has 1 saturated heterocycles. The molecule has 0 radical (unpaired) electrons. The van der Waals surface area contributed by atoms with Crippen molar-refractivity contribution in [2.75, 3.05) is 37.2 Å². The molecule has 4 rings (SSSR count). The Bertz CT molecular complexity index is 1150. The lowest BCUT2D eigenvalue weighted by Gasteiger charge is -2.34. The minimum atomic E-state index is -3.63. The molecule has 9 heteroatoms. The summed E-state index contributed by atoms with van der Waals surface area (Å²) in [6, 6.07) is 9.06. The van der Waals surface area contributed by atoms with Crippen molar-refractivity contribution < 1.29 is 18.0 Å². The molecule has 2 aromatic rings. The topological polar surface area (TPSA) is 86.8 Å². The van der Waals surface area contributed by atoms with Crippen LogP contribution in [0, 0.1) is 20.8 Å². The van der Waals surface area contributed by atoms with Crippen LogP contribution in [-0.4, -0.2) is 61.4 Å². The molecule has 0 atom stereocenters. The first kappa shape index (κ1) is 21.9. The molecule has 2 aromatic carbocycles. The van der Waals surface area contributed by atoms with Crippen LogP contribution in [0.5, 0.6) is 0 Å². The van der Waals surface area contributed by atoms with E-state index >= 15 is 0 Å². The average molecular weight is 460 g/mol. The van der Waals surface area contributed by atoms with Gasteiger partial charge in [0, 0.05) is 36.6 Å². The van der Waals surface area contributed by atoms with Crippen molar-refractivity contribution in [3.8, 4) is 0 Å². The standard InChI is InChI=1S/C22H25N3O4S2/c1-14-10-15(2)21(16(3)11-14)31(28,29)25-8-6-24(7-9-25)22(27)17-4-5-19-18(12-17)23-20(26)13-30-19/h4-5,10-12H,6-9,13H2,1-3H3,(H,23,26). The zero-order valence-electron chi connectivity index (χ0n) is 17.8. The Labute approximate surface area is 186 Å². The summed E-state index contributed by atoms with van der Waals surface area (Å²) in [6.07, 6.45) is 0. The molecule has 0 aliphatic carbocycles. The molecule has 164 valence electrons. The fraction of sp³-hybridized carbons (Fsp3) is 0.364. The van der Waals surface area contributed by atoms with Gasteiger partial charge in [-0.05, 0) is 50.1 Å². The second kappa shape index (κ2) is 8.29. The number of piperazine rings is 1. The summed E-state index contributed by atoms with van der Waals surface area (Å²) in [5.41, 5.74) is 3.65. The summed E-state index contributed by atoms with van der Waals surface area (Å²) >= 11 is 1.45. The van der Waals surface area contributed by atoms with Crippen LogP contribution in [0.4, 0.5) is 5.69 Å². The molecule has 2 heterocycles. The molecule has 0 aromatic heterocycles. The number of carbonyl (C=O) groups is 2. The van der Waals surface area contributed by atoms with Gasteiger partial charge in [0.1, 0.15) is 0 Å². The number of benzene rings is 2. The number of aryl methyl sites for hydroxylation is 3. The highest BCUT2D eigenvalue weighted by Gasteiger charge is 2.32. The van der Waals surface area contributed by atoms with E-state index in [2.05, 4.69) is 5.32 Å². The lowest BCUT2D eigenvalue weighted by atomic mass is 10.1. The van der Waals surface area contributed by atoms with Crippen LogP contribution in [0.15, 0.2) is 40.1 Å². The molecule has 7 nitrogen and oxygen atoms in total. The van der Waals surface area contributed by atoms with Gasteiger partial charge in [0.15, 0.2) is 0 Å². The average Bonchev–Trinajstić information content (AvgIpc) is 2.71. The van der Waals surface area contributed by atoms with E-state index < -0.39 is 10.0 Å². The van der Waals surface area contributed by atoms with Crippen molar-refractivity contribution in [1.29, 1.82) is 0 Å². The predicted octanol–water partition coefficient (Wildman–Crippen LogP) is 2.80. The van der Waals surface area contributed by atoms with E-state index in [9.17, 15) is 18.0 Å². The first-order chi connectivity index (χ1) is 14.7. The molecular formula is C22H25N3O4S2. The van der Waals surface area contributed by atoms with Crippen molar-refractivity contribution in [3.05, 3.63) is 52.6 Å². The van der Waals surface area contributed by atoms with Crippen molar-refractivity contribution in [2.45, 2.75) is 30.6 Å². The fourth-order valence-electron chi connectivity index (χ4n) is 4.23. The smallest absolute Gasteiger partial charge is 0.254 e. The van der Waals surface area contributed by atoms with E-state index in [0.29, 0.717) is 35.0 Å². The highest BCUT2D eigenvalue weighted by molar-refractivity contribution is 8.00. The maximum absolute atomic E-state index is 13.3. The fourth-order valence-corrected chi connectivity index (χ4v) is 6.86. The van der Waals surface area contributed by atoms with E-state index in [1.54, 1.807) is 17.0 Å². The summed E-state index contributed by atoms with van der Waals surface area (Å²) in [6.45, 7) is 6.72. The van der Waals surface area contributed by atoms with Gasteiger partial charge in [0.25, 0.3) is 5.91 Å². The highest BCUT2D eigenvalue weighted by Crippen LogP contribution is 2.32. The number of hydrogen-bond acceptors (Lipinski definition) is 5. The molecule has 0 spiro atoms. The van der Waals surface area contributed by atoms with E-state index in [1.807, 2.05) is 39.0 Å². The first-order valence-corrected chi connectivity index (χ1v) is 12.5. The second-order valence-electron chi connectivity index (χ2n) is 7.97. The summed E-state index contributed by atoms with van der Waals surface area (Å²) in [4.78, 5) is 27.6. The molecule has 31 heavy (non-hydrogen) atoms. The lowest BCUT2D eigenvalue weighted by molar-refractivity contribution is -0.113. The number of fused-ring (bicyclic) bond motifs is 1. The van der Waals surface area contributed by atoms with Gasteiger partial charge in [0.05, 0.1) is 16.3 Å². The third kappa shape index (κ3) is 4.22. The number of nitrogens with one attached hydrogen (secondary N) is 1. The molecule has 2 amide bonds. The van der Waals surface area contributed by atoms with E-state index in [1.165, 1.54) is 16.1 Å². The SMILES string of the molecule is Cc1cc(C)c(S(=O)(=O)N2CCN(C(=O)c3ccc4c(c3)NC(=O)CS4)CC2)c(C)c1. The van der Waals surface area contributed by atoms with Crippen molar-refractivity contribution in [3.63, 3.8) is 0 Å². The first-order valence-electron chi connectivity index (χ1n) is 10.1. The van der Waals surface area contributed by atoms with Crippen molar-refractivity contribution in [2.24, 2.45) is 0 Å². The van der Waals surface area contributed by atoms with Crippen molar-refractivity contribution >= 4 is 39.3 Å². The zero-order valence-corrected chi connectivity index (χ0v) is 19.4. The van der Waals surface area contributed by atoms with Gasteiger partial charge in [-0.3, -0.25) is 9.59 Å². The van der Waals surface area contributed by atoms with E-state index in [-0.39, 0.29) is 24.9 Å². The van der Waals surface area contributed by atoms with Crippen LogP contribution in [0.1, 0.15) is 27.0 Å². The predicted molar refractivity (Wildman–Crippen MR) is 121 cm³/mol. The summed E-state index contributed by atoms with van der Waals surface area (Å²) in [7, 11) is -3.63. The van der Waals surface area contributed by atoms with Crippen LogP contribution in [0.2, 0.25) is 0 Å². The van der Waals surface area contributed by atoms with Gasteiger partial charge in [-0.25, -0.2) is 8.42 Å². The molecule has 2 aliphatic heterocycles. The van der Waals surface area contributed by atoms with Gasteiger partial charge in [-0.2, -0.15) is 4.31 Å². The molecule has 0 saturated carbocycles. The molecule has 0 unspecified atom stereocenters.